The second-order valence-electron chi connectivity index (χ2n) is 6.62. The van der Waals surface area contributed by atoms with Crippen LogP contribution in [-0.2, 0) is 14.4 Å². The van der Waals surface area contributed by atoms with Gasteiger partial charge in [0.05, 0.1) is 12.1 Å². The highest BCUT2D eigenvalue weighted by molar-refractivity contribution is 5.90. The van der Waals surface area contributed by atoms with Crippen LogP contribution in [0.2, 0.25) is 0 Å². The summed E-state index contributed by atoms with van der Waals surface area (Å²) in [5.41, 5.74) is 11.0. The fourth-order valence-corrected chi connectivity index (χ4v) is 2.16. The van der Waals surface area contributed by atoms with Crippen LogP contribution in [0.4, 0.5) is 0 Å². The highest BCUT2D eigenvalue weighted by Gasteiger charge is 2.27. The van der Waals surface area contributed by atoms with Crippen LogP contribution >= 0.6 is 0 Å². The molecule has 0 aromatic heterocycles. The molecule has 0 unspecified atom stereocenters. The Morgan fingerprint density at radius 1 is 1.19 bits per heavy atom. The van der Waals surface area contributed by atoms with Gasteiger partial charge < -0.3 is 32.5 Å². The Morgan fingerprint density at radius 3 is 2.27 bits per heavy atom. The number of nitrogens with one attached hydrogen (secondary N) is 4. The second kappa shape index (κ2) is 12.2. The average molecular weight is 371 g/mol. The molecule has 0 aromatic rings. The van der Waals surface area contributed by atoms with E-state index in [4.69, 9.17) is 16.9 Å². The monoisotopic (exact) mass is 371 g/mol. The van der Waals surface area contributed by atoms with Crippen molar-refractivity contribution in [3.63, 3.8) is 0 Å². The molecule has 2 amide bonds. The summed E-state index contributed by atoms with van der Waals surface area (Å²) in [7, 11) is 0. The maximum atomic E-state index is 12.3. The normalized spacial score (nSPS) is 15.5. The quantitative estimate of drug-likeness (QED) is 0.118. The third kappa shape index (κ3) is 9.94. The summed E-state index contributed by atoms with van der Waals surface area (Å²) >= 11 is 0. The van der Waals surface area contributed by atoms with Crippen LogP contribution in [0.1, 0.15) is 40.0 Å². The molecule has 0 aliphatic heterocycles. The number of aliphatic hydroxyl groups excluding tert-OH is 1. The van der Waals surface area contributed by atoms with Crippen molar-refractivity contribution in [3.05, 3.63) is 0 Å². The van der Waals surface area contributed by atoms with E-state index in [0.717, 1.165) is 0 Å². The summed E-state index contributed by atoms with van der Waals surface area (Å²) in [6, 6.07) is -2.87. The summed E-state index contributed by atoms with van der Waals surface area (Å²) in [4.78, 5) is 35.4. The molecule has 0 aliphatic rings. The van der Waals surface area contributed by atoms with E-state index in [9.17, 15) is 19.5 Å². The lowest BCUT2D eigenvalue weighted by molar-refractivity contribution is -0.130. The Morgan fingerprint density at radius 2 is 1.81 bits per heavy atom. The van der Waals surface area contributed by atoms with E-state index in [-0.39, 0.29) is 11.9 Å². The van der Waals surface area contributed by atoms with Gasteiger partial charge in [0, 0.05) is 6.54 Å². The van der Waals surface area contributed by atoms with E-state index in [1.165, 1.54) is 6.92 Å². The van der Waals surface area contributed by atoms with Crippen LogP contribution in [0.5, 0.6) is 0 Å². The maximum Gasteiger partial charge on any atom is 0.243 e. The molecule has 0 spiro atoms. The first-order valence-corrected chi connectivity index (χ1v) is 8.58. The first kappa shape index (κ1) is 23.8. The minimum absolute atomic E-state index is 0.104. The van der Waals surface area contributed by atoms with Gasteiger partial charge in [-0.2, -0.15) is 0 Å². The van der Waals surface area contributed by atoms with Gasteiger partial charge in [0.25, 0.3) is 0 Å². The van der Waals surface area contributed by atoms with Crippen LogP contribution in [0, 0.1) is 11.3 Å². The molecule has 10 heteroatoms. The Labute approximate surface area is 154 Å². The molecule has 10 nitrogen and oxygen atoms in total. The minimum Gasteiger partial charge on any atom is -0.391 e. The van der Waals surface area contributed by atoms with Crippen molar-refractivity contribution in [1.29, 1.82) is 5.41 Å². The van der Waals surface area contributed by atoms with Gasteiger partial charge in [0.2, 0.25) is 18.1 Å². The molecule has 0 fully saturated rings. The van der Waals surface area contributed by atoms with Gasteiger partial charge in [0.1, 0.15) is 12.1 Å². The van der Waals surface area contributed by atoms with Crippen molar-refractivity contribution >= 4 is 24.1 Å². The molecule has 4 atom stereocenters. The summed E-state index contributed by atoms with van der Waals surface area (Å²) in [6.07, 6.45) is 1.69. The Hall–Kier alpha value is -2.20. The highest BCUT2D eigenvalue weighted by atomic mass is 16.3. The number of carbonyl (C=O) groups excluding carboxylic acids is 3. The van der Waals surface area contributed by atoms with Crippen molar-refractivity contribution in [2.75, 3.05) is 6.54 Å². The molecule has 0 bridgehead atoms. The maximum absolute atomic E-state index is 12.3. The van der Waals surface area contributed by atoms with Crippen molar-refractivity contribution in [2.24, 2.45) is 17.4 Å². The molecule has 0 aromatic carbocycles. The molecular weight excluding hydrogens is 340 g/mol. The van der Waals surface area contributed by atoms with E-state index in [1.807, 2.05) is 13.8 Å². The molecular formula is C16H31N6O4. The predicted molar refractivity (Wildman–Crippen MR) is 97.8 cm³/mol. The first-order chi connectivity index (χ1) is 12.1. The van der Waals surface area contributed by atoms with E-state index >= 15 is 0 Å². The van der Waals surface area contributed by atoms with Gasteiger partial charge >= 0.3 is 0 Å². The Kier molecular flexibility index (Phi) is 11.2. The van der Waals surface area contributed by atoms with Crippen molar-refractivity contribution in [3.8, 4) is 0 Å². The third-order valence-corrected chi connectivity index (χ3v) is 3.59. The van der Waals surface area contributed by atoms with Crippen molar-refractivity contribution < 1.29 is 19.5 Å². The fraction of sp³-hybridized carbons (Fsp3) is 0.750. The summed E-state index contributed by atoms with van der Waals surface area (Å²) in [5, 5.41) is 24.0. The number of aliphatic hydroxyl groups is 1. The molecule has 0 saturated carbocycles. The van der Waals surface area contributed by atoms with Gasteiger partial charge in [-0.25, -0.2) is 0 Å². The van der Waals surface area contributed by atoms with E-state index < -0.39 is 36.0 Å². The van der Waals surface area contributed by atoms with Crippen molar-refractivity contribution in [1.82, 2.24) is 16.0 Å². The third-order valence-electron chi connectivity index (χ3n) is 3.59. The zero-order valence-electron chi connectivity index (χ0n) is 15.5. The number of guanidine groups is 1. The Balaban J connectivity index is 4.72. The number of carbonyl (C=O) groups is 2. The summed E-state index contributed by atoms with van der Waals surface area (Å²) < 4.78 is 0. The fourth-order valence-electron chi connectivity index (χ4n) is 2.16. The summed E-state index contributed by atoms with van der Waals surface area (Å²) in [6.45, 7) is 5.55. The number of hydrogen-bond acceptors (Lipinski definition) is 6. The van der Waals surface area contributed by atoms with Gasteiger partial charge in [-0.15, -0.1) is 0 Å². The van der Waals surface area contributed by atoms with Crippen LogP contribution in [0.15, 0.2) is 0 Å². The molecule has 1 radical (unpaired) electrons. The van der Waals surface area contributed by atoms with Crippen molar-refractivity contribution in [2.45, 2.75) is 64.3 Å². The molecule has 26 heavy (non-hydrogen) atoms. The number of hydrogen-bond donors (Lipinski definition) is 7. The molecule has 0 heterocycles. The van der Waals surface area contributed by atoms with E-state index in [0.29, 0.717) is 25.8 Å². The minimum atomic E-state index is -1.17. The Bertz CT molecular complexity index is 483. The van der Waals surface area contributed by atoms with Gasteiger partial charge in [-0.05, 0) is 32.1 Å². The molecule has 0 aliphatic carbocycles. The first-order valence-electron chi connectivity index (χ1n) is 8.58. The lowest BCUT2D eigenvalue weighted by atomic mass is 10.0. The average Bonchev–Trinajstić information content (AvgIpc) is 2.54. The number of nitrogens with two attached hydrogens (primary N) is 2. The van der Waals surface area contributed by atoms with Gasteiger partial charge in [-0.3, -0.25) is 19.8 Å². The van der Waals surface area contributed by atoms with E-state index in [1.54, 1.807) is 6.29 Å². The van der Waals surface area contributed by atoms with Crippen LogP contribution in [0.3, 0.4) is 0 Å². The van der Waals surface area contributed by atoms with Gasteiger partial charge in [0.15, 0.2) is 5.96 Å². The summed E-state index contributed by atoms with van der Waals surface area (Å²) in [5.74, 6) is -1.12. The van der Waals surface area contributed by atoms with Crippen LogP contribution < -0.4 is 27.4 Å². The molecule has 9 N–H and O–H groups in total. The highest BCUT2D eigenvalue weighted by Crippen LogP contribution is 2.07. The molecule has 0 saturated heterocycles. The second-order valence-corrected chi connectivity index (χ2v) is 6.62. The van der Waals surface area contributed by atoms with E-state index in [2.05, 4.69) is 16.0 Å². The number of rotatable bonds is 12. The lowest BCUT2D eigenvalue weighted by Crippen LogP contribution is -2.55. The standard InChI is InChI=1S/C16H31N6O4/c1-9(2)7-12(15(26)22-13(8-23)10(3)24)21-14(25)11(17)5-4-6-20-16(18)19/h9-13,24H,4-7,17H2,1-3H3,(H,21,25)(H,22,26)(H4,18,19,20)/t10-,11-,12-,13+/m0/s1. The molecule has 0 rings (SSSR count). The van der Waals surface area contributed by atoms with Crippen LogP contribution in [-0.4, -0.2) is 59.9 Å². The predicted octanol–water partition coefficient (Wildman–Crippen LogP) is -1.92. The van der Waals surface area contributed by atoms with Crippen LogP contribution in [0.25, 0.3) is 0 Å². The molecule has 149 valence electrons. The topological polar surface area (TPSA) is 183 Å². The SMILES string of the molecule is CC(C)C[C@H](NC(=O)[C@@H](N)CCCNC(=N)N)C(=O)N[C@H]([C]=O)[C@H](C)O. The lowest BCUT2D eigenvalue weighted by Gasteiger charge is -2.24. The largest absolute Gasteiger partial charge is 0.391 e. The number of amides is 2. The zero-order valence-corrected chi connectivity index (χ0v) is 15.5. The zero-order chi connectivity index (χ0) is 20.3. The van der Waals surface area contributed by atoms with Gasteiger partial charge in [-0.1, -0.05) is 13.8 Å². The smallest absolute Gasteiger partial charge is 0.243 e.